The maximum atomic E-state index is 14.1. The molecule has 40 heavy (non-hydrogen) atoms. The second kappa shape index (κ2) is 10.9. The predicted molar refractivity (Wildman–Crippen MR) is 147 cm³/mol. The molecular weight excluding hydrogens is 546 g/mol. The summed E-state index contributed by atoms with van der Waals surface area (Å²) in [4.78, 5) is 31.1. The van der Waals surface area contributed by atoms with Crippen LogP contribution in [0.15, 0.2) is 12.1 Å². The number of carbonyl (C=O) groups is 2. The molecule has 0 bridgehead atoms. The summed E-state index contributed by atoms with van der Waals surface area (Å²) in [7, 11) is 1.13. The third-order valence-electron chi connectivity index (χ3n) is 6.65. The topological polar surface area (TPSA) is 114 Å². The second-order valence-electron chi connectivity index (χ2n) is 11.8. The highest BCUT2D eigenvalue weighted by molar-refractivity contribution is 6.32. The number of fused-ring (bicyclic) bond motifs is 1. The van der Waals surface area contributed by atoms with Gasteiger partial charge in [-0.1, -0.05) is 32.4 Å². The van der Waals surface area contributed by atoms with Gasteiger partial charge in [0.25, 0.3) is 6.43 Å². The number of methoxy groups -OCH3 is 1. The maximum absolute atomic E-state index is 14.1. The molecule has 0 saturated carbocycles. The number of hydrogen-bond donors (Lipinski definition) is 2. The van der Waals surface area contributed by atoms with Crippen molar-refractivity contribution in [3.8, 4) is 0 Å². The Bertz CT molecular complexity index is 1420. The molecule has 0 aliphatic carbocycles. The summed E-state index contributed by atoms with van der Waals surface area (Å²) < 4.78 is 40.0. The van der Waals surface area contributed by atoms with E-state index in [9.17, 15) is 18.4 Å². The molecule has 3 heterocycles. The van der Waals surface area contributed by atoms with Gasteiger partial charge in [0.2, 0.25) is 0 Å². The number of amides is 1. The number of alkyl halides is 2. The Morgan fingerprint density at radius 3 is 2.52 bits per heavy atom. The number of aromatic nitrogens is 4. The van der Waals surface area contributed by atoms with E-state index in [0.717, 1.165) is 18.1 Å². The standard InChI is InChI=1S/C27H35ClF2N6O4/c1-26(2,3)16-10-15-18(11-17(16)28)33-34-23(15)31-12-19-32-20(22(29)30)21(24(37)39-7)36(19)14-8-9-35(13-14)25(38)40-27(4,5)6/h10-11,14,22H,8-9,12-13H2,1-7H3,(H2,31,33,34). The van der Waals surface area contributed by atoms with Gasteiger partial charge in [-0.3, -0.25) is 5.10 Å². The molecule has 13 heteroatoms. The first-order valence-corrected chi connectivity index (χ1v) is 13.4. The first-order valence-electron chi connectivity index (χ1n) is 13.0. The van der Waals surface area contributed by atoms with Gasteiger partial charge in [-0.2, -0.15) is 5.10 Å². The SMILES string of the molecule is COC(=O)c1c(C(F)F)nc(CNc2n[nH]c3cc(Cl)c(C(C)(C)C)cc23)n1C1CCN(C(=O)OC(C)(C)C)C1. The molecule has 1 amide bonds. The average Bonchev–Trinajstić information content (AvgIpc) is 3.56. The van der Waals surface area contributed by atoms with Gasteiger partial charge in [-0.25, -0.2) is 23.4 Å². The zero-order chi connectivity index (χ0) is 29.6. The number of anilines is 1. The molecule has 1 atom stereocenters. The number of nitrogens with one attached hydrogen (secondary N) is 2. The number of aromatic amines is 1. The molecule has 2 N–H and O–H groups in total. The molecule has 1 fully saturated rings. The summed E-state index contributed by atoms with van der Waals surface area (Å²) in [5.74, 6) is -0.265. The molecule has 1 aliphatic rings. The molecule has 0 radical (unpaired) electrons. The predicted octanol–water partition coefficient (Wildman–Crippen LogP) is 6.23. The van der Waals surface area contributed by atoms with Gasteiger partial charge in [0.05, 0.1) is 25.2 Å². The second-order valence-corrected chi connectivity index (χ2v) is 12.3. The third kappa shape index (κ3) is 6.01. The summed E-state index contributed by atoms with van der Waals surface area (Å²) in [5.41, 5.74) is -0.292. The summed E-state index contributed by atoms with van der Waals surface area (Å²) in [6.45, 7) is 11.9. The molecule has 1 saturated heterocycles. The van der Waals surface area contributed by atoms with Gasteiger partial charge in [-0.15, -0.1) is 0 Å². The van der Waals surface area contributed by atoms with Crippen LogP contribution < -0.4 is 5.32 Å². The van der Waals surface area contributed by atoms with Crippen LogP contribution in [0.25, 0.3) is 10.9 Å². The lowest BCUT2D eigenvalue weighted by molar-refractivity contribution is 0.0288. The fraction of sp³-hybridized carbons (Fsp3) is 0.556. The Hall–Kier alpha value is -3.41. The highest BCUT2D eigenvalue weighted by atomic mass is 35.5. The molecule has 1 aliphatic heterocycles. The van der Waals surface area contributed by atoms with Gasteiger partial charge in [0.1, 0.15) is 17.1 Å². The monoisotopic (exact) mass is 580 g/mol. The lowest BCUT2D eigenvalue weighted by Gasteiger charge is -2.25. The quantitative estimate of drug-likeness (QED) is 0.332. The van der Waals surface area contributed by atoms with Crippen LogP contribution in [0.3, 0.4) is 0 Å². The molecule has 2 aromatic heterocycles. The number of rotatable bonds is 6. The molecule has 10 nitrogen and oxygen atoms in total. The van der Waals surface area contributed by atoms with E-state index in [2.05, 4.69) is 20.5 Å². The van der Waals surface area contributed by atoms with Crippen molar-refractivity contribution in [3.63, 3.8) is 0 Å². The Kier molecular flexibility index (Phi) is 8.04. The minimum absolute atomic E-state index is 0.0208. The summed E-state index contributed by atoms with van der Waals surface area (Å²) >= 11 is 6.49. The van der Waals surface area contributed by atoms with Crippen LogP contribution in [-0.2, 0) is 21.4 Å². The van der Waals surface area contributed by atoms with E-state index < -0.39 is 35.8 Å². The Morgan fingerprint density at radius 2 is 1.93 bits per heavy atom. The summed E-state index contributed by atoms with van der Waals surface area (Å²) in [6.07, 6.45) is -3.12. The lowest BCUT2D eigenvalue weighted by Crippen LogP contribution is -2.35. The average molecular weight is 581 g/mol. The number of imidazole rings is 1. The van der Waals surface area contributed by atoms with Crippen LogP contribution in [0.4, 0.5) is 19.4 Å². The van der Waals surface area contributed by atoms with Crippen molar-refractivity contribution in [2.75, 3.05) is 25.5 Å². The number of carbonyl (C=O) groups excluding carboxylic acids is 2. The van der Waals surface area contributed by atoms with Gasteiger partial charge in [0.15, 0.2) is 11.5 Å². The third-order valence-corrected chi connectivity index (χ3v) is 6.96. The zero-order valence-corrected chi connectivity index (χ0v) is 24.4. The van der Waals surface area contributed by atoms with E-state index >= 15 is 0 Å². The lowest BCUT2D eigenvalue weighted by atomic mass is 9.86. The molecule has 0 spiro atoms. The van der Waals surface area contributed by atoms with Crippen molar-refractivity contribution < 1.29 is 27.8 Å². The van der Waals surface area contributed by atoms with Crippen LogP contribution >= 0.6 is 11.6 Å². The van der Waals surface area contributed by atoms with E-state index in [4.69, 9.17) is 21.1 Å². The Balaban J connectivity index is 1.69. The van der Waals surface area contributed by atoms with Crippen molar-refractivity contribution in [2.45, 2.75) is 78.0 Å². The minimum atomic E-state index is -3.01. The normalized spacial score (nSPS) is 16.2. The number of esters is 1. The number of halogens is 3. The van der Waals surface area contributed by atoms with Crippen LogP contribution in [-0.4, -0.2) is 62.5 Å². The van der Waals surface area contributed by atoms with E-state index in [1.807, 2.05) is 26.8 Å². The molecule has 1 unspecified atom stereocenters. The number of benzene rings is 1. The van der Waals surface area contributed by atoms with Gasteiger partial charge < -0.3 is 24.3 Å². The largest absolute Gasteiger partial charge is 0.464 e. The minimum Gasteiger partial charge on any atom is -0.464 e. The van der Waals surface area contributed by atoms with E-state index in [-0.39, 0.29) is 30.0 Å². The number of H-pyrrole nitrogens is 1. The van der Waals surface area contributed by atoms with Crippen molar-refractivity contribution >= 4 is 40.4 Å². The Morgan fingerprint density at radius 1 is 1.23 bits per heavy atom. The Labute approximate surface area is 236 Å². The first-order chi connectivity index (χ1) is 18.6. The van der Waals surface area contributed by atoms with Crippen LogP contribution in [0.1, 0.15) is 88.0 Å². The zero-order valence-electron chi connectivity index (χ0n) is 23.7. The number of hydrogen-bond acceptors (Lipinski definition) is 7. The maximum Gasteiger partial charge on any atom is 0.410 e. The van der Waals surface area contributed by atoms with Gasteiger partial charge in [-0.05, 0) is 50.3 Å². The highest BCUT2D eigenvalue weighted by Crippen LogP contribution is 2.36. The highest BCUT2D eigenvalue weighted by Gasteiger charge is 2.37. The molecule has 4 rings (SSSR count). The van der Waals surface area contributed by atoms with Crippen LogP contribution in [0.5, 0.6) is 0 Å². The van der Waals surface area contributed by atoms with Crippen molar-refractivity contribution in [2.24, 2.45) is 0 Å². The molecule has 218 valence electrons. The molecule has 1 aromatic carbocycles. The molecular formula is C27H35ClF2N6O4. The van der Waals surface area contributed by atoms with Crippen molar-refractivity contribution in [3.05, 3.63) is 39.9 Å². The number of nitrogens with zero attached hydrogens (tertiary/aromatic N) is 4. The van der Waals surface area contributed by atoms with E-state index in [1.54, 1.807) is 26.8 Å². The van der Waals surface area contributed by atoms with Crippen LogP contribution in [0, 0.1) is 0 Å². The van der Waals surface area contributed by atoms with E-state index in [0.29, 0.717) is 29.3 Å². The fourth-order valence-corrected chi connectivity index (χ4v) is 5.27. The molecule has 3 aromatic rings. The van der Waals surface area contributed by atoms with E-state index in [1.165, 1.54) is 9.47 Å². The van der Waals surface area contributed by atoms with Crippen molar-refractivity contribution in [1.29, 1.82) is 0 Å². The number of likely N-dealkylation sites (tertiary alicyclic amines) is 1. The van der Waals surface area contributed by atoms with Crippen molar-refractivity contribution in [1.82, 2.24) is 24.6 Å². The van der Waals surface area contributed by atoms with Gasteiger partial charge in [0, 0.05) is 23.5 Å². The smallest absolute Gasteiger partial charge is 0.410 e. The van der Waals surface area contributed by atoms with Crippen LogP contribution in [0.2, 0.25) is 5.02 Å². The number of ether oxygens (including phenoxy) is 2. The van der Waals surface area contributed by atoms with Gasteiger partial charge >= 0.3 is 12.1 Å². The summed E-state index contributed by atoms with van der Waals surface area (Å²) in [5, 5.41) is 11.8. The first kappa shape index (κ1) is 29.6. The summed E-state index contributed by atoms with van der Waals surface area (Å²) in [6, 6.07) is 3.24. The fourth-order valence-electron chi connectivity index (χ4n) is 4.82.